The van der Waals surface area contributed by atoms with Crippen LogP contribution in [0, 0.1) is 0 Å². The third-order valence-electron chi connectivity index (χ3n) is 2.27. The molecule has 0 aliphatic heterocycles. The highest BCUT2D eigenvalue weighted by Gasteiger charge is 2.08. The van der Waals surface area contributed by atoms with Crippen LogP contribution >= 0.6 is 22.7 Å². The molecule has 0 aliphatic carbocycles. The fourth-order valence-electron chi connectivity index (χ4n) is 1.38. The number of hydrogen-bond acceptors (Lipinski definition) is 4. The van der Waals surface area contributed by atoms with Crippen LogP contribution in [0.15, 0.2) is 35.0 Å². The molecule has 0 radical (unpaired) electrons. The number of carboxylic acids is 1. The number of carboxylic acid groups (broad SMARTS) is 1. The van der Waals surface area contributed by atoms with Crippen molar-refractivity contribution in [1.29, 1.82) is 0 Å². The first-order chi connectivity index (χ1) is 9.15. The first-order valence-electron chi connectivity index (χ1n) is 5.45. The lowest BCUT2D eigenvalue weighted by Gasteiger charge is -2.00. The van der Waals surface area contributed by atoms with Gasteiger partial charge in [-0.2, -0.15) is 11.3 Å². The van der Waals surface area contributed by atoms with Gasteiger partial charge in [0.05, 0.1) is 4.88 Å². The molecule has 2 heterocycles. The van der Waals surface area contributed by atoms with Gasteiger partial charge in [-0.1, -0.05) is 0 Å². The fourth-order valence-corrected chi connectivity index (χ4v) is 2.88. The molecule has 1 amide bonds. The molecule has 0 bridgehead atoms. The molecule has 0 atom stereocenters. The molecule has 2 rings (SSSR count). The summed E-state index contributed by atoms with van der Waals surface area (Å²) in [5.41, 5.74) is 1.07. The molecule has 2 N–H and O–H groups in total. The van der Waals surface area contributed by atoms with Crippen molar-refractivity contribution in [1.82, 2.24) is 5.32 Å². The number of rotatable bonds is 5. The van der Waals surface area contributed by atoms with Crippen LogP contribution in [-0.4, -0.2) is 17.0 Å². The van der Waals surface area contributed by atoms with Gasteiger partial charge in [0, 0.05) is 17.5 Å². The Bertz CT molecular complexity index is 599. The lowest BCUT2D eigenvalue weighted by Crippen LogP contribution is -2.21. The van der Waals surface area contributed by atoms with Gasteiger partial charge in [0.1, 0.15) is 0 Å². The van der Waals surface area contributed by atoms with Gasteiger partial charge in [0.15, 0.2) is 0 Å². The molecule has 0 saturated heterocycles. The third-order valence-corrected chi connectivity index (χ3v) is 4.06. The molecule has 4 nitrogen and oxygen atoms in total. The summed E-state index contributed by atoms with van der Waals surface area (Å²) < 4.78 is 0. The zero-order chi connectivity index (χ0) is 13.7. The third kappa shape index (κ3) is 4.04. The van der Waals surface area contributed by atoms with Crippen LogP contribution in [0.3, 0.4) is 0 Å². The molecule has 0 spiro atoms. The summed E-state index contributed by atoms with van der Waals surface area (Å²) in [6.45, 7) is 0.501. The summed E-state index contributed by atoms with van der Waals surface area (Å²) in [5.74, 6) is -1.15. The second-order valence-electron chi connectivity index (χ2n) is 3.69. The van der Waals surface area contributed by atoms with Gasteiger partial charge in [-0.25, -0.2) is 4.79 Å². The molecular formula is C13H11NO3S2. The fraction of sp³-hybridized carbons (Fsp3) is 0.0769. The van der Waals surface area contributed by atoms with E-state index < -0.39 is 5.97 Å². The number of thiophene rings is 2. The number of nitrogens with one attached hydrogen (secondary N) is 1. The Morgan fingerprint density at radius 3 is 2.84 bits per heavy atom. The Labute approximate surface area is 118 Å². The highest BCUT2D eigenvalue weighted by atomic mass is 32.1. The van der Waals surface area contributed by atoms with Crippen LogP contribution in [0.25, 0.3) is 6.08 Å². The zero-order valence-corrected chi connectivity index (χ0v) is 11.5. The summed E-state index contributed by atoms with van der Waals surface area (Å²) in [6.07, 6.45) is 2.53. The summed E-state index contributed by atoms with van der Waals surface area (Å²) in [7, 11) is 0. The minimum absolute atomic E-state index is 0.147. The van der Waals surface area contributed by atoms with Gasteiger partial charge in [0.2, 0.25) is 0 Å². The summed E-state index contributed by atoms with van der Waals surface area (Å²) in [4.78, 5) is 23.5. The number of amides is 1. The maximum Gasteiger partial charge on any atom is 0.328 e. The molecule has 0 fully saturated rings. The normalized spacial score (nSPS) is 10.7. The highest BCUT2D eigenvalue weighted by Crippen LogP contribution is 2.18. The average molecular weight is 293 g/mol. The van der Waals surface area contributed by atoms with E-state index in [-0.39, 0.29) is 5.91 Å². The number of hydrogen-bond donors (Lipinski definition) is 2. The van der Waals surface area contributed by atoms with Crippen molar-refractivity contribution in [3.8, 4) is 0 Å². The Balaban J connectivity index is 1.94. The summed E-state index contributed by atoms with van der Waals surface area (Å²) in [6, 6.07) is 5.37. The van der Waals surface area contributed by atoms with Gasteiger partial charge < -0.3 is 10.4 Å². The lowest BCUT2D eigenvalue weighted by molar-refractivity contribution is -0.131. The van der Waals surface area contributed by atoms with Crippen molar-refractivity contribution in [3.63, 3.8) is 0 Å². The molecule has 0 saturated carbocycles. The first-order valence-corrected chi connectivity index (χ1v) is 7.21. The predicted octanol–water partition coefficient (Wildman–Crippen LogP) is 2.84. The zero-order valence-electron chi connectivity index (χ0n) is 9.83. The van der Waals surface area contributed by atoms with E-state index in [1.807, 2.05) is 16.8 Å². The van der Waals surface area contributed by atoms with Crippen LogP contribution in [0.2, 0.25) is 0 Å². The Morgan fingerprint density at radius 1 is 1.32 bits per heavy atom. The highest BCUT2D eigenvalue weighted by molar-refractivity contribution is 7.14. The van der Waals surface area contributed by atoms with Crippen molar-refractivity contribution in [2.24, 2.45) is 0 Å². The van der Waals surface area contributed by atoms with Crippen molar-refractivity contribution in [2.45, 2.75) is 6.54 Å². The van der Waals surface area contributed by atoms with Crippen LogP contribution in [0.1, 0.15) is 20.1 Å². The van der Waals surface area contributed by atoms with Gasteiger partial charge >= 0.3 is 5.97 Å². The summed E-state index contributed by atoms with van der Waals surface area (Å²) in [5, 5.41) is 15.3. The molecule has 19 heavy (non-hydrogen) atoms. The van der Waals surface area contributed by atoms with Crippen molar-refractivity contribution < 1.29 is 14.7 Å². The van der Waals surface area contributed by atoms with E-state index in [4.69, 9.17) is 5.11 Å². The first kappa shape index (κ1) is 13.5. The van der Waals surface area contributed by atoms with E-state index in [1.165, 1.54) is 17.4 Å². The predicted molar refractivity (Wildman–Crippen MR) is 76.5 cm³/mol. The molecule has 0 unspecified atom stereocenters. The Kier molecular flexibility index (Phi) is 4.48. The summed E-state index contributed by atoms with van der Waals surface area (Å²) >= 11 is 2.85. The molecule has 2 aromatic heterocycles. The SMILES string of the molecule is O=C(O)C=Cc1ccc(C(=O)NCc2ccsc2)s1. The molecule has 98 valence electrons. The minimum atomic E-state index is -1.00. The maximum absolute atomic E-state index is 11.9. The topological polar surface area (TPSA) is 66.4 Å². The minimum Gasteiger partial charge on any atom is -0.478 e. The monoisotopic (exact) mass is 293 g/mol. The maximum atomic E-state index is 11.9. The van der Waals surface area contributed by atoms with E-state index in [2.05, 4.69) is 5.32 Å². The van der Waals surface area contributed by atoms with Crippen molar-refractivity contribution in [2.75, 3.05) is 0 Å². The van der Waals surface area contributed by atoms with E-state index in [0.717, 1.165) is 16.5 Å². The van der Waals surface area contributed by atoms with Crippen molar-refractivity contribution in [3.05, 3.63) is 50.4 Å². The van der Waals surface area contributed by atoms with Gasteiger partial charge in [-0.3, -0.25) is 4.79 Å². The van der Waals surface area contributed by atoms with E-state index in [1.54, 1.807) is 23.5 Å². The number of carbonyl (C=O) groups excluding carboxylic acids is 1. The Morgan fingerprint density at radius 2 is 2.16 bits per heavy atom. The average Bonchev–Trinajstić information content (AvgIpc) is 3.04. The van der Waals surface area contributed by atoms with Crippen molar-refractivity contribution >= 4 is 40.6 Å². The largest absolute Gasteiger partial charge is 0.478 e. The van der Waals surface area contributed by atoms with E-state index >= 15 is 0 Å². The number of aliphatic carboxylic acids is 1. The van der Waals surface area contributed by atoms with Crippen LogP contribution in [0.4, 0.5) is 0 Å². The van der Waals surface area contributed by atoms with E-state index in [0.29, 0.717) is 11.4 Å². The second kappa shape index (κ2) is 6.31. The van der Waals surface area contributed by atoms with Gasteiger partial charge in [-0.15, -0.1) is 11.3 Å². The molecular weight excluding hydrogens is 282 g/mol. The van der Waals surface area contributed by atoms with Gasteiger partial charge in [-0.05, 0) is 40.6 Å². The molecule has 0 aromatic carbocycles. The smallest absolute Gasteiger partial charge is 0.328 e. The number of carbonyl (C=O) groups is 2. The quantitative estimate of drug-likeness (QED) is 0.833. The van der Waals surface area contributed by atoms with Crippen LogP contribution < -0.4 is 5.32 Å². The molecule has 0 aliphatic rings. The van der Waals surface area contributed by atoms with Gasteiger partial charge in [0.25, 0.3) is 5.91 Å². The van der Waals surface area contributed by atoms with Crippen LogP contribution in [-0.2, 0) is 11.3 Å². The standard InChI is InChI=1S/C13H11NO3S2/c15-12(16)4-2-10-1-3-11(19-10)13(17)14-7-9-5-6-18-8-9/h1-6,8H,7H2,(H,14,17)(H,15,16). The second-order valence-corrected chi connectivity index (χ2v) is 5.58. The van der Waals surface area contributed by atoms with Crippen LogP contribution in [0.5, 0.6) is 0 Å². The lowest BCUT2D eigenvalue weighted by atomic mass is 10.3. The Hall–Kier alpha value is -1.92. The van der Waals surface area contributed by atoms with E-state index in [9.17, 15) is 9.59 Å². The molecule has 2 aromatic rings. The molecule has 6 heteroatoms.